The number of carbonyl (C=O) groups excluding carboxylic acids is 1. The second-order valence-corrected chi connectivity index (χ2v) is 5.17. The largest absolute Gasteiger partial charge is 0.494 e. The van der Waals surface area contributed by atoms with Gasteiger partial charge in [-0.2, -0.15) is 4.57 Å². The molecule has 2 rings (SSSR count). The molecule has 0 aliphatic carbocycles. The first-order valence-corrected chi connectivity index (χ1v) is 7.64. The molecule has 0 fully saturated rings. The zero-order valence-electron chi connectivity index (χ0n) is 13.4. The minimum absolute atomic E-state index is 0.0366. The van der Waals surface area contributed by atoms with E-state index in [1.54, 1.807) is 0 Å². The average molecular weight is 299 g/mol. The molecule has 1 N–H and O–H groups in total. The van der Waals surface area contributed by atoms with E-state index in [0.717, 1.165) is 23.6 Å². The van der Waals surface area contributed by atoms with Gasteiger partial charge in [-0.3, -0.25) is 4.79 Å². The van der Waals surface area contributed by atoms with Crippen LogP contribution in [0.15, 0.2) is 42.6 Å². The van der Waals surface area contributed by atoms with Crippen LogP contribution in [0.5, 0.6) is 5.75 Å². The highest BCUT2D eigenvalue weighted by atomic mass is 16.5. The molecule has 0 atom stereocenters. The fraction of sp³-hybridized carbons (Fsp3) is 0.333. The number of amides is 1. The van der Waals surface area contributed by atoms with E-state index in [1.807, 2.05) is 54.9 Å². The van der Waals surface area contributed by atoms with Crippen LogP contribution in [0.25, 0.3) is 0 Å². The first-order valence-electron chi connectivity index (χ1n) is 7.64. The lowest BCUT2D eigenvalue weighted by molar-refractivity contribution is -0.690. The van der Waals surface area contributed by atoms with Gasteiger partial charge >= 0.3 is 0 Å². The Morgan fingerprint density at radius 1 is 1.14 bits per heavy atom. The average Bonchev–Trinajstić information content (AvgIpc) is 2.51. The van der Waals surface area contributed by atoms with Gasteiger partial charge in [0.1, 0.15) is 5.75 Å². The second-order valence-electron chi connectivity index (χ2n) is 5.17. The molecular formula is C18H23N2O2+. The smallest absolute Gasteiger partial charge is 0.290 e. The number of aromatic nitrogens is 1. The van der Waals surface area contributed by atoms with E-state index in [0.29, 0.717) is 13.2 Å². The molecule has 0 aliphatic rings. The summed E-state index contributed by atoms with van der Waals surface area (Å²) in [4.78, 5) is 12.2. The van der Waals surface area contributed by atoms with Crippen molar-refractivity contribution in [1.29, 1.82) is 0 Å². The number of benzene rings is 1. The monoisotopic (exact) mass is 299 g/mol. The minimum atomic E-state index is -0.0366. The predicted molar refractivity (Wildman–Crippen MR) is 87.0 cm³/mol. The van der Waals surface area contributed by atoms with Gasteiger partial charge < -0.3 is 10.1 Å². The Morgan fingerprint density at radius 3 is 2.50 bits per heavy atom. The van der Waals surface area contributed by atoms with E-state index in [1.165, 1.54) is 5.56 Å². The molecule has 0 radical (unpaired) electrons. The van der Waals surface area contributed by atoms with Crippen molar-refractivity contribution in [3.63, 3.8) is 0 Å². The van der Waals surface area contributed by atoms with E-state index in [4.69, 9.17) is 4.74 Å². The summed E-state index contributed by atoms with van der Waals surface area (Å²) < 4.78 is 7.36. The zero-order chi connectivity index (χ0) is 15.9. The summed E-state index contributed by atoms with van der Waals surface area (Å²) in [5.41, 5.74) is 3.07. The van der Waals surface area contributed by atoms with E-state index >= 15 is 0 Å². The molecule has 0 saturated heterocycles. The molecule has 0 bridgehead atoms. The third kappa shape index (κ3) is 4.32. The molecule has 1 aromatic carbocycles. The Hall–Kier alpha value is -2.36. The summed E-state index contributed by atoms with van der Waals surface area (Å²) in [7, 11) is 0. The van der Waals surface area contributed by atoms with Crippen LogP contribution in [-0.2, 0) is 17.8 Å². The molecule has 0 spiro atoms. The number of carbonyl (C=O) groups is 1. The van der Waals surface area contributed by atoms with Crippen molar-refractivity contribution in [2.45, 2.75) is 33.7 Å². The van der Waals surface area contributed by atoms with Gasteiger partial charge in [-0.1, -0.05) is 6.92 Å². The quantitative estimate of drug-likeness (QED) is 0.833. The lowest BCUT2D eigenvalue weighted by Gasteiger charge is -2.07. The number of hydrogen-bond donors (Lipinski definition) is 1. The van der Waals surface area contributed by atoms with Gasteiger partial charge in [-0.05, 0) is 43.7 Å². The van der Waals surface area contributed by atoms with Gasteiger partial charge in [0.15, 0.2) is 11.9 Å². The van der Waals surface area contributed by atoms with Crippen LogP contribution in [0.2, 0.25) is 0 Å². The van der Waals surface area contributed by atoms with Crippen molar-refractivity contribution in [3.8, 4) is 5.75 Å². The second kappa shape index (κ2) is 7.59. The van der Waals surface area contributed by atoms with Gasteiger partial charge in [0.05, 0.1) is 6.61 Å². The lowest BCUT2D eigenvalue weighted by atomic mass is 10.2. The number of ether oxygens (including phenoxy) is 1. The molecule has 2 aromatic rings. The number of anilines is 1. The van der Waals surface area contributed by atoms with Crippen molar-refractivity contribution < 1.29 is 14.1 Å². The summed E-state index contributed by atoms with van der Waals surface area (Å²) in [5, 5.41) is 2.91. The number of hydrogen-bond acceptors (Lipinski definition) is 2. The maximum absolute atomic E-state index is 12.2. The van der Waals surface area contributed by atoms with Crippen molar-refractivity contribution in [2.24, 2.45) is 0 Å². The maximum atomic E-state index is 12.2. The molecule has 4 nitrogen and oxygen atoms in total. The van der Waals surface area contributed by atoms with Crippen LogP contribution >= 0.6 is 0 Å². The van der Waals surface area contributed by atoms with Gasteiger partial charge in [0.2, 0.25) is 6.54 Å². The van der Waals surface area contributed by atoms with Crippen molar-refractivity contribution in [3.05, 3.63) is 53.9 Å². The number of rotatable bonds is 6. The summed E-state index contributed by atoms with van der Waals surface area (Å²) in [5.74, 6) is 0.770. The highest BCUT2D eigenvalue weighted by Gasteiger charge is 2.13. The fourth-order valence-corrected chi connectivity index (χ4v) is 2.20. The van der Waals surface area contributed by atoms with Crippen LogP contribution in [-0.4, -0.2) is 12.5 Å². The molecule has 116 valence electrons. The van der Waals surface area contributed by atoms with Gasteiger partial charge in [0, 0.05) is 24.2 Å². The van der Waals surface area contributed by atoms with Gasteiger partial charge in [-0.25, -0.2) is 0 Å². The first-order chi connectivity index (χ1) is 10.6. The summed E-state index contributed by atoms with van der Waals surface area (Å²) >= 11 is 0. The maximum Gasteiger partial charge on any atom is 0.290 e. The Balaban J connectivity index is 2.00. The fourth-order valence-electron chi connectivity index (χ4n) is 2.20. The third-order valence-corrected chi connectivity index (χ3v) is 3.48. The highest BCUT2D eigenvalue weighted by Crippen LogP contribution is 2.15. The standard InChI is InChI=1S/C18H22N2O2/c1-4-15-7-6-14(3)20(12-15)13-18(21)19-16-8-10-17(11-9-16)22-5-2/h6-12H,4-5,13H2,1-3H3/p+1. The Kier molecular flexibility index (Phi) is 5.53. The Labute approximate surface area is 131 Å². The lowest BCUT2D eigenvalue weighted by Crippen LogP contribution is -2.43. The minimum Gasteiger partial charge on any atom is -0.494 e. The number of aryl methyl sites for hydroxylation is 2. The van der Waals surface area contributed by atoms with Crippen molar-refractivity contribution >= 4 is 11.6 Å². The predicted octanol–water partition coefficient (Wildman–Crippen LogP) is 2.88. The van der Waals surface area contributed by atoms with Gasteiger partial charge in [0.25, 0.3) is 5.91 Å². The third-order valence-electron chi connectivity index (χ3n) is 3.48. The molecule has 4 heteroatoms. The summed E-state index contributed by atoms with van der Waals surface area (Å²) in [6.45, 7) is 7.00. The van der Waals surface area contributed by atoms with Crippen molar-refractivity contribution in [1.82, 2.24) is 0 Å². The van der Waals surface area contributed by atoms with Gasteiger partial charge in [-0.15, -0.1) is 0 Å². The van der Waals surface area contributed by atoms with E-state index < -0.39 is 0 Å². The Morgan fingerprint density at radius 2 is 1.86 bits per heavy atom. The van der Waals surface area contributed by atoms with E-state index in [-0.39, 0.29) is 5.91 Å². The number of pyridine rings is 1. The topological polar surface area (TPSA) is 42.2 Å². The molecule has 0 unspecified atom stereocenters. The van der Waals surface area contributed by atoms with Crippen molar-refractivity contribution in [2.75, 3.05) is 11.9 Å². The molecule has 22 heavy (non-hydrogen) atoms. The van der Waals surface area contributed by atoms with Crippen LogP contribution in [0.1, 0.15) is 25.1 Å². The van der Waals surface area contributed by atoms with E-state index in [2.05, 4.69) is 18.3 Å². The summed E-state index contributed by atoms with van der Waals surface area (Å²) in [6.07, 6.45) is 2.99. The molecule has 0 aliphatic heterocycles. The van der Waals surface area contributed by atoms with E-state index in [9.17, 15) is 4.79 Å². The van der Waals surface area contributed by atoms with Crippen LogP contribution in [0.3, 0.4) is 0 Å². The molecule has 1 amide bonds. The van der Waals surface area contributed by atoms with Crippen LogP contribution < -0.4 is 14.6 Å². The Bertz CT molecular complexity index is 636. The highest BCUT2D eigenvalue weighted by molar-refractivity contribution is 5.89. The number of nitrogens with zero attached hydrogens (tertiary/aromatic N) is 1. The molecule has 1 aromatic heterocycles. The first kappa shape index (κ1) is 16.0. The SMILES string of the molecule is CCOc1ccc(NC(=O)C[n+]2cc(CC)ccc2C)cc1. The molecular weight excluding hydrogens is 276 g/mol. The zero-order valence-corrected chi connectivity index (χ0v) is 13.4. The number of nitrogens with one attached hydrogen (secondary N) is 1. The summed E-state index contributed by atoms with van der Waals surface area (Å²) in [6, 6.07) is 11.6. The molecule has 0 saturated carbocycles. The normalized spacial score (nSPS) is 10.3. The van der Waals surface area contributed by atoms with Crippen LogP contribution in [0.4, 0.5) is 5.69 Å². The molecule has 1 heterocycles. The van der Waals surface area contributed by atoms with Crippen LogP contribution in [0, 0.1) is 6.92 Å².